The van der Waals surface area contributed by atoms with E-state index in [9.17, 15) is 4.79 Å². The van der Waals surface area contributed by atoms with Gasteiger partial charge in [-0.05, 0) is 49.6 Å². The number of aromatic nitrogens is 3. The molecule has 0 spiro atoms. The maximum atomic E-state index is 12.5. The predicted molar refractivity (Wildman–Crippen MR) is 113 cm³/mol. The molecule has 0 bridgehead atoms. The van der Waals surface area contributed by atoms with E-state index in [4.69, 9.17) is 4.52 Å². The van der Waals surface area contributed by atoms with E-state index < -0.39 is 0 Å². The molecular weight excluding hydrogens is 380 g/mol. The molecule has 2 aromatic heterocycles. The van der Waals surface area contributed by atoms with Gasteiger partial charge in [0.1, 0.15) is 5.82 Å². The summed E-state index contributed by atoms with van der Waals surface area (Å²) < 4.78 is 5.33. The van der Waals surface area contributed by atoms with Crippen molar-refractivity contribution in [2.24, 2.45) is 0 Å². The normalized spacial score (nSPS) is 16.6. The molecule has 8 heteroatoms. The van der Waals surface area contributed by atoms with Crippen LogP contribution in [0.2, 0.25) is 0 Å². The number of nitrogens with zero attached hydrogens (tertiary/aromatic N) is 5. The van der Waals surface area contributed by atoms with Crippen molar-refractivity contribution in [3.8, 4) is 11.4 Å². The number of pyridine rings is 1. The van der Waals surface area contributed by atoms with Crippen LogP contribution in [-0.2, 0) is 0 Å². The first-order valence-electron chi connectivity index (χ1n) is 10.3. The van der Waals surface area contributed by atoms with Crippen molar-refractivity contribution < 1.29 is 9.32 Å². The minimum absolute atomic E-state index is 0.0628. The quantitative estimate of drug-likeness (QED) is 0.714. The van der Waals surface area contributed by atoms with E-state index in [-0.39, 0.29) is 6.03 Å². The Bertz CT molecular complexity index is 1040. The van der Waals surface area contributed by atoms with Gasteiger partial charge in [0.2, 0.25) is 11.7 Å². The van der Waals surface area contributed by atoms with Gasteiger partial charge in [0.25, 0.3) is 0 Å². The maximum Gasteiger partial charge on any atom is 0.321 e. The number of urea groups is 1. The van der Waals surface area contributed by atoms with Crippen LogP contribution < -0.4 is 10.2 Å². The highest BCUT2D eigenvalue weighted by Gasteiger charge is 2.30. The number of piperazine rings is 1. The van der Waals surface area contributed by atoms with Crippen LogP contribution in [0.3, 0.4) is 0 Å². The first-order valence-corrected chi connectivity index (χ1v) is 10.3. The molecule has 1 saturated carbocycles. The molecular formula is C22H24N6O2. The zero-order valence-electron chi connectivity index (χ0n) is 16.9. The molecule has 5 rings (SSSR count). The minimum Gasteiger partial charge on any atom is -0.353 e. The topological polar surface area (TPSA) is 87.4 Å². The highest BCUT2D eigenvalue weighted by atomic mass is 16.5. The van der Waals surface area contributed by atoms with Gasteiger partial charge in [-0.3, -0.25) is 0 Å². The fourth-order valence-corrected chi connectivity index (χ4v) is 3.62. The Hall–Kier alpha value is -3.42. The average Bonchev–Trinajstić information content (AvgIpc) is 3.51. The summed E-state index contributed by atoms with van der Waals surface area (Å²) in [6.07, 6.45) is 4.05. The SMILES string of the molecule is Cc1cccc(NC(=O)N2CCN(c3ccc(-c4noc(C5CC5)n4)cn3)CC2)c1. The van der Waals surface area contributed by atoms with Gasteiger partial charge in [0, 0.05) is 49.5 Å². The summed E-state index contributed by atoms with van der Waals surface area (Å²) in [7, 11) is 0. The lowest BCUT2D eigenvalue weighted by molar-refractivity contribution is 0.208. The molecule has 0 unspecified atom stereocenters. The Morgan fingerprint density at radius 2 is 1.97 bits per heavy atom. The molecule has 3 heterocycles. The monoisotopic (exact) mass is 404 g/mol. The molecule has 1 aromatic carbocycles. The molecule has 0 atom stereocenters. The van der Waals surface area contributed by atoms with Crippen LogP contribution in [0, 0.1) is 6.92 Å². The molecule has 1 saturated heterocycles. The Morgan fingerprint density at radius 1 is 1.13 bits per heavy atom. The second kappa shape index (κ2) is 7.78. The van der Waals surface area contributed by atoms with Crippen LogP contribution in [0.15, 0.2) is 47.1 Å². The summed E-state index contributed by atoms with van der Waals surface area (Å²) in [5.74, 6) is 2.66. The summed E-state index contributed by atoms with van der Waals surface area (Å²) in [5.41, 5.74) is 2.80. The molecule has 2 aliphatic rings. The van der Waals surface area contributed by atoms with E-state index in [1.54, 1.807) is 6.20 Å². The highest BCUT2D eigenvalue weighted by molar-refractivity contribution is 5.89. The number of nitrogens with one attached hydrogen (secondary N) is 1. The van der Waals surface area contributed by atoms with E-state index in [2.05, 4.69) is 25.3 Å². The zero-order valence-corrected chi connectivity index (χ0v) is 16.9. The number of hydrogen-bond acceptors (Lipinski definition) is 6. The number of amides is 2. The Morgan fingerprint density at radius 3 is 2.67 bits per heavy atom. The number of rotatable bonds is 4. The van der Waals surface area contributed by atoms with Crippen molar-refractivity contribution >= 4 is 17.5 Å². The lowest BCUT2D eigenvalue weighted by Crippen LogP contribution is -2.50. The van der Waals surface area contributed by atoms with E-state index in [1.165, 1.54) is 0 Å². The predicted octanol–water partition coefficient (Wildman–Crippen LogP) is 3.67. The lowest BCUT2D eigenvalue weighted by Gasteiger charge is -2.35. The largest absolute Gasteiger partial charge is 0.353 e. The van der Waals surface area contributed by atoms with Crippen molar-refractivity contribution in [2.45, 2.75) is 25.7 Å². The first kappa shape index (κ1) is 18.6. The minimum atomic E-state index is -0.0628. The zero-order chi connectivity index (χ0) is 20.5. The van der Waals surface area contributed by atoms with Gasteiger partial charge in [-0.2, -0.15) is 4.98 Å². The van der Waals surface area contributed by atoms with Gasteiger partial charge < -0.3 is 19.6 Å². The molecule has 1 aliphatic carbocycles. The lowest BCUT2D eigenvalue weighted by atomic mass is 10.2. The van der Waals surface area contributed by atoms with Gasteiger partial charge in [0.05, 0.1) is 0 Å². The van der Waals surface area contributed by atoms with Crippen molar-refractivity contribution in [1.29, 1.82) is 0 Å². The van der Waals surface area contributed by atoms with Crippen LogP contribution in [0.1, 0.15) is 30.2 Å². The number of benzene rings is 1. The second-order valence-corrected chi connectivity index (χ2v) is 7.91. The van der Waals surface area contributed by atoms with Crippen LogP contribution in [0.5, 0.6) is 0 Å². The highest BCUT2D eigenvalue weighted by Crippen LogP contribution is 2.39. The van der Waals surface area contributed by atoms with Crippen molar-refractivity contribution in [2.75, 3.05) is 36.4 Å². The van der Waals surface area contributed by atoms with E-state index in [0.29, 0.717) is 24.8 Å². The fraction of sp³-hybridized carbons (Fsp3) is 0.364. The van der Waals surface area contributed by atoms with Gasteiger partial charge in [-0.15, -0.1) is 0 Å². The van der Waals surface area contributed by atoms with Crippen molar-refractivity contribution in [3.63, 3.8) is 0 Å². The number of carbonyl (C=O) groups is 1. The molecule has 0 radical (unpaired) electrons. The fourth-order valence-electron chi connectivity index (χ4n) is 3.62. The van der Waals surface area contributed by atoms with E-state index in [1.807, 2.05) is 48.2 Å². The Labute approximate surface area is 174 Å². The molecule has 1 N–H and O–H groups in total. The molecule has 154 valence electrons. The summed E-state index contributed by atoms with van der Waals surface area (Å²) in [6.45, 7) is 4.79. The van der Waals surface area contributed by atoms with Gasteiger partial charge in [0.15, 0.2) is 0 Å². The Kier molecular flexibility index (Phi) is 4.82. The van der Waals surface area contributed by atoms with Crippen LogP contribution >= 0.6 is 0 Å². The standard InChI is InChI=1S/C22H24N6O2/c1-15-3-2-4-18(13-15)24-22(29)28-11-9-27(10-12-28)19-8-7-17(14-23-19)20-25-21(30-26-20)16-5-6-16/h2-4,7-8,13-14,16H,5-6,9-12H2,1H3,(H,24,29). The number of hydrogen-bond donors (Lipinski definition) is 1. The number of carbonyl (C=O) groups excluding carboxylic acids is 1. The first-order chi connectivity index (χ1) is 14.7. The molecule has 1 aliphatic heterocycles. The van der Waals surface area contributed by atoms with Gasteiger partial charge in [-0.25, -0.2) is 9.78 Å². The Balaban J connectivity index is 1.17. The number of anilines is 2. The summed E-state index contributed by atoms with van der Waals surface area (Å²) in [4.78, 5) is 25.6. The third kappa shape index (κ3) is 3.98. The third-order valence-electron chi connectivity index (χ3n) is 5.53. The van der Waals surface area contributed by atoms with E-state index >= 15 is 0 Å². The third-order valence-corrected chi connectivity index (χ3v) is 5.53. The molecule has 8 nitrogen and oxygen atoms in total. The second-order valence-electron chi connectivity index (χ2n) is 7.91. The number of aryl methyl sites for hydroxylation is 1. The van der Waals surface area contributed by atoms with Crippen LogP contribution in [0.25, 0.3) is 11.4 Å². The van der Waals surface area contributed by atoms with Crippen molar-refractivity contribution in [1.82, 2.24) is 20.0 Å². The van der Waals surface area contributed by atoms with Crippen molar-refractivity contribution in [3.05, 3.63) is 54.0 Å². The smallest absolute Gasteiger partial charge is 0.321 e. The summed E-state index contributed by atoms with van der Waals surface area (Å²) >= 11 is 0. The van der Waals surface area contributed by atoms with Crippen LogP contribution in [0.4, 0.5) is 16.3 Å². The summed E-state index contributed by atoms with van der Waals surface area (Å²) in [5, 5.41) is 7.05. The van der Waals surface area contributed by atoms with Gasteiger partial charge in [-0.1, -0.05) is 17.3 Å². The maximum absolute atomic E-state index is 12.5. The van der Waals surface area contributed by atoms with Gasteiger partial charge >= 0.3 is 6.03 Å². The average molecular weight is 404 g/mol. The summed E-state index contributed by atoms with van der Waals surface area (Å²) in [6, 6.07) is 11.7. The molecule has 30 heavy (non-hydrogen) atoms. The van der Waals surface area contributed by atoms with E-state index in [0.717, 1.165) is 54.5 Å². The molecule has 2 amide bonds. The van der Waals surface area contributed by atoms with Crippen LogP contribution in [-0.4, -0.2) is 52.2 Å². The molecule has 2 fully saturated rings. The molecule has 3 aromatic rings.